The number of benzene rings is 1. The number of nitrogens with zero attached hydrogens (tertiary/aromatic N) is 3. The first-order chi connectivity index (χ1) is 9.63. The van der Waals surface area contributed by atoms with Crippen molar-refractivity contribution in [3.05, 3.63) is 41.7 Å². The highest BCUT2D eigenvalue weighted by Gasteiger charge is 2.18. The van der Waals surface area contributed by atoms with Crippen LogP contribution < -0.4 is 9.47 Å². The fourth-order valence-corrected chi connectivity index (χ4v) is 2.11. The first kappa shape index (κ1) is 12.5. The molecule has 0 spiro atoms. The van der Waals surface area contributed by atoms with E-state index in [0.717, 1.165) is 5.69 Å². The summed E-state index contributed by atoms with van der Waals surface area (Å²) in [7, 11) is 3.60. The van der Waals surface area contributed by atoms with Gasteiger partial charge in [-0.2, -0.15) is 5.10 Å². The first-order valence-corrected chi connectivity index (χ1v) is 6.27. The van der Waals surface area contributed by atoms with Gasteiger partial charge in [-0.25, -0.2) is 0 Å². The van der Waals surface area contributed by atoms with Crippen molar-refractivity contribution in [2.75, 3.05) is 13.8 Å². The third-order valence-electron chi connectivity index (χ3n) is 3.13. The molecule has 0 N–H and O–H groups in total. The number of aryl methyl sites for hydroxylation is 1. The van der Waals surface area contributed by atoms with Crippen molar-refractivity contribution < 1.29 is 14.3 Å². The van der Waals surface area contributed by atoms with E-state index in [1.54, 1.807) is 34.8 Å². The van der Waals surface area contributed by atoms with E-state index in [9.17, 15) is 4.79 Å². The summed E-state index contributed by atoms with van der Waals surface area (Å²) in [4.78, 5) is 14.0. The van der Waals surface area contributed by atoms with E-state index in [2.05, 4.69) is 5.10 Å². The molecule has 1 aromatic carbocycles. The van der Waals surface area contributed by atoms with Crippen LogP contribution in [-0.2, 0) is 13.6 Å². The van der Waals surface area contributed by atoms with Gasteiger partial charge in [0.1, 0.15) is 0 Å². The summed E-state index contributed by atoms with van der Waals surface area (Å²) in [5, 5.41) is 4.26. The Morgan fingerprint density at radius 1 is 1.35 bits per heavy atom. The number of rotatable bonds is 3. The van der Waals surface area contributed by atoms with Crippen LogP contribution in [0.25, 0.3) is 0 Å². The van der Waals surface area contributed by atoms with Gasteiger partial charge in [0.2, 0.25) is 6.79 Å². The maximum atomic E-state index is 12.4. The van der Waals surface area contributed by atoms with Gasteiger partial charge in [-0.3, -0.25) is 9.48 Å². The van der Waals surface area contributed by atoms with Crippen LogP contribution in [0.15, 0.2) is 30.5 Å². The summed E-state index contributed by atoms with van der Waals surface area (Å²) >= 11 is 0. The van der Waals surface area contributed by atoms with Gasteiger partial charge >= 0.3 is 0 Å². The number of hydrogen-bond donors (Lipinski definition) is 0. The van der Waals surface area contributed by atoms with Gasteiger partial charge in [0.15, 0.2) is 11.5 Å². The highest BCUT2D eigenvalue weighted by molar-refractivity contribution is 5.94. The van der Waals surface area contributed by atoms with Crippen LogP contribution in [0.5, 0.6) is 11.5 Å². The highest BCUT2D eigenvalue weighted by Crippen LogP contribution is 2.32. The summed E-state index contributed by atoms with van der Waals surface area (Å²) in [5.74, 6) is 1.21. The lowest BCUT2D eigenvalue weighted by molar-refractivity contribution is 0.0782. The molecule has 0 saturated carbocycles. The molecule has 2 aromatic rings. The molecule has 0 radical (unpaired) electrons. The molecule has 0 bridgehead atoms. The second-order valence-corrected chi connectivity index (χ2v) is 4.71. The molecule has 0 atom stereocenters. The Kier molecular flexibility index (Phi) is 3.06. The molecule has 0 fully saturated rings. The number of amides is 1. The number of carbonyl (C=O) groups excluding carboxylic acids is 1. The van der Waals surface area contributed by atoms with E-state index in [1.807, 2.05) is 19.3 Å². The third-order valence-corrected chi connectivity index (χ3v) is 3.13. The van der Waals surface area contributed by atoms with E-state index < -0.39 is 0 Å². The number of carbonyl (C=O) groups is 1. The molecular weight excluding hydrogens is 258 g/mol. The molecule has 6 nitrogen and oxygen atoms in total. The maximum absolute atomic E-state index is 12.4. The molecule has 0 unspecified atom stereocenters. The molecule has 104 valence electrons. The SMILES string of the molecule is CN(Cc1ccn(C)n1)C(=O)c1ccc2c(c1)OCO2. The van der Waals surface area contributed by atoms with Crippen molar-refractivity contribution >= 4 is 5.91 Å². The molecule has 1 aromatic heterocycles. The second-order valence-electron chi connectivity index (χ2n) is 4.71. The Morgan fingerprint density at radius 3 is 2.90 bits per heavy atom. The van der Waals surface area contributed by atoms with E-state index in [-0.39, 0.29) is 12.7 Å². The fraction of sp³-hybridized carbons (Fsp3) is 0.286. The van der Waals surface area contributed by atoms with Gasteiger partial charge in [0, 0.05) is 25.9 Å². The molecule has 1 amide bonds. The van der Waals surface area contributed by atoms with Crippen LogP contribution >= 0.6 is 0 Å². The Labute approximate surface area is 116 Å². The van der Waals surface area contributed by atoms with Crippen LogP contribution in [0.4, 0.5) is 0 Å². The third kappa shape index (κ3) is 2.32. The molecule has 0 aliphatic carbocycles. The summed E-state index contributed by atoms with van der Waals surface area (Å²) in [6, 6.07) is 7.10. The van der Waals surface area contributed by atoms with Crippen LogP contribution in [0.1, 0.15) is 16.1 Å². The standard InChI is InChI=1S/C14H15N3O3/c1-16(8-11-5-6-17(2)15-11)14(18)10-3-4-12-13(7-10)20-9-19-12/h3-7H,8-9H2,1-2H3. The first-order valence-electron chi connectivity index (χ1n) is 6.27. The van der Waals surface area contributed by atoms with Crippen molar-refractivity contribution in [3.8, 4) is 11.5 Å². The van der Waals surface area contributed by atoms with E-state index >= 15 is 0 Å². The minimum atomic E-state index is -0.0750. The van der Waals surface area contributed by atoms with Crippen molar-refractivity contribution in [2.45, 2.75) is 6.54 Å². The zero-order valence-electron chi connectivity index (χ0n) is 11.4. The van der Waals surface area contributed by atoms with Crippen molar-refractivity contribution in [1.82, 2.24) is 14.7 Å². The van der Waals surface area contributed by atoms with Crippen molar-refractivity contribution in [3.63, 3.8) is 0 Å². The maximum Gasteiger partial charge on any atom is 0.254 e. The molecular formula is C14H15N3O3. The lowest BCUT2D eigenvalue weighted by atomic mass is 10.1. The molecule has 1 aliphatic heterocycles. The molecule has 3 rings (SSSR count). The Balaban J connectivity index is 1.74. The zero-order chi connectivity index (χ0) is 14.1. The number of fused-ring (bicyclic) bond motifs is 1. The minimum absolute atomic E-state index is 0.0750. The predicted octanol–water partition coefficient (Wildman–Crippen LogP) is 1.42. The zero-order valence-corrected chi connectivity index (χ0v) is 11.4. The van der Waals surface area contributed by atoms with Gasteiger partial charge in [0.25, 0.3) is 5.91 Å². The molecule has 0 saturated heterocycles. The Morgan fingerprint density at radius 2 is 2.15 bits per heavy atom. The highest BCUT2D eigenvalue weighted by atomic mass is 16.7. The number of aromatic nitrogens is 2. The molecule has 2 heterocycles. The lowest BCUT2D eigenvalue weighted by Crippen LogP contribution is -2.26. The van der Waals surface area contributed by atoms with Crippen LogP contribution in [-0.4, -0.2) is 34.4 Å². The van der Waals surface area contributed by atoms with Crippen molar-refractivity contribution in [2.24, 2.45) is 7.05 Å². The summed E-state index contributed by atoms with van der Waals surface area (Å²) < 4.78 is 12.2. The number of ether oxygens (including phenoxy) is 2. The van der Waals surface area contributed by atoms with E-state index in [1.165, 1.54) is 0 Å². The molecule has 20 heavy (non-hydrogen) atoms. The lowest BCUT2D eigenvalue weighted by Gasteiger charge is -2.16. The normalized spacial score (nSPS) is 12.5. The average molecular weight is 273 g/mol. The van der Waals surface area contributed by atoms with Gasteiger partial charge < -0.3 is 14.4 Å². The van der Waals surface area contributed by atoms with Gasteiger partial charge in [-0.15, -0.1) is 0 Å². The monoisotopic (exact) mass is 273 g/mol. The summed E-state index contributed by atoms with van der Waals surface area (Å²) in [6.07, 6.45) is 1.86. The quantitative estimate of drug-likeness (QED) is 0.848. The van der Waals surface area contributed by atoms with Crippen LogP contribution in [0.3, 0.4) is 0 Å². The molecule has 6 heteroatoms. The van der Waals surface area contributed by atoms with Crippen LogP contribution in [0, 0.1) is 0 Å². The van der Waals surface area contributed by atoms with E-state index in [4.69, 9.17) is 9.47 Å². The summed E-state index contributed by atoms with van der Waals surface area (Å²) in [5.41, 5.74) is 1.43. The summed E-state index contributed by atoms with van der Waals surface area (Å²) in [6.45, 7) is 0.671. The minimum Gasteiger partial charge on any atom is -0.454 e. The van der Waals surface area contributed by atoms with Gasteiger partial charge in [-0.05, 0) is 24.3 Å². The number of hydrogen-bond acceptors (Lipinski definition) is 4. The van der Waals surface area contributed by atoms with E-state index in [0.29, 0.717) is 23.6 Å². The molecule has 1 aliphatic rings. The fourth-order valence-electron chi connectivity index (χ4n) is 2.11. The second kappa shape index (κ2) is 4.88. The van der Waals surface area contributed by atoms with Crippen LogP contribution in [0.2, 0.25) is 0 Å². The Hall–Kier alpha value is -2.50. The Bertz CT molecular complexity index is 651. The van der Waals surface area contributed by atoms with Crippen molar-refractivity contribution in [1.29, 1.82) is 0 Å². The topological polar surface area (TPSA) is 56.6 Å². The smallest absolute Gasteiger partial charge is 0.254 e. The average Bonchev–Trinajstić information content (AvgIpc) is 3.05. The van der Waals surface area contributed by atoms with Gasteiger partial charge in [0.05, 0.1) is 12.2 Å². The largest absolute Gasteiger partial charge is 0.454 e. The predicted molar refractivity (Wildman–Crippen MR) is 71.6 cm³/mol. The van der Waals surface area contributed by atoms with Gasteiger partial charge in [-0.1, -0.05) is 0 Å².